The minimum atomic E-state index is -2.46. The lowest BCUT2D eigenvalue weighted by molar-refractivity contribution is 0.130. The van der Waals surface area contributed by atoms with E-state index < -0.39 is 16.0 Å². The summed E-state index contributed by atoms with van der Waals surface area (Å²) in [5.74, 6) is 1.29. The second-order valence-corrected chi connectivity index (χ2v) is 21.6. The number of nitrogens with zero attached hydrogens (tertiary/aromatic N) is 2. The van der Waals surface area contributed by atoms with Crippen molar-refractivity contribution in [2.45, 2.75) is 88.1 Å². The highest BCUT2D eigenvalue weighted by molar-refractivity contribution is 8.32. The molecule has 6 atom stereocenters. The van der Waals surface area contributed by atoms with Crippen molar-refractivity contribution in [2.75, 3.05) is 18.0 Å². The number of aliphatic hydroxyl groups is 1. The molecular formula is C30H36ClN2O2PS2. The first kappa shape index (κ1) is 24.8. The molecule has 2 aliphatic carbocycles. The summed E-state index contributed by atoms with van der Waals surface area (Å²) in [7, 11) is -2.46. The second-order valence-electron chi connectivity index (χ2n) is 13.2. The topological polar surface area (TPSA) is 43.8 Å². The Balaban J connectivity index is 1.50. The summed E-state index contributed by atoms with van der Waals surface area (Å²) in [6.45, 7) is 7.52. The Bertz CT molecular complexity index is 1540. The number of fused-ring (bicyclic) bond motifs is 3. The molecule has 2 saturated carbocycles. The molecule has 4 nitrogen and oxygen atoms in total. The maximum Gasteiger partial charge on any atom is 0.159 e. The largest absolute Gasteiger partial charge is 0.399 e. The van der Waals surface area contributed by atoms with Gasteiger partial charge in [-0.2, -0.15) is 16.0 Å². The molecule has 3 fully saturated rings. The van der Waals surface area contributed by atoms with Crippen LogP contribution in [0.1, 0.15) is 86.1 Å². The SMILES string of the molecule is CC(C)(C)S1(=O)=[P+]2[CH-]C=C(c3cc(Cl)cc4c3N(C[C@@H]3CC[C@H]43)[C@H]3CN1C1(CCC1)C3)c1[s+][c-](CO)cc12. The average molecular weight is 587 g/mol. The summed E-state index contributed by atoms with van der Waals surface area (Å²) in [5.41, 5.74) is 5.29. The summed E-state index contributed by atoms with van der Waals surface area (Å²) in [5, 5.41) is 12.2. The van der Waals surface area contributed by atoms with Crippen molar-refractivity contribution in [1.29, 1.82) is 0 Å². The van der Waals surface area contributed by atoms with Crippen LogP contribution in [0, 0.1) is 12.1 Å². The number of rotatable bonds is 1. The van der Waals surface area contributed by atoms with E-state index in [0.717, 1.165) is 42.3 Å². The summed E-state index contributed by atoms with van der Waals surface area (Å²) >= 11 is 8.57. The van der Waals surface area contributed by atoms with Gasteiger partial charge in [-0.05, 0) is 88.9 Å². The van der Waals surface area contributed by atoms with E-state index in [1.54, 1.807) is 11.3 Å². The number of thiophene rings is 1. The number of hydrogen-bond donors (Lipinski definition) is 1. The third-order valence-electron chi connectivity index (χ3n) is 10.3. The van der Waals surface area contributed by atoms with Gasteiger partial charge in [-0.1, -0.05) is 29.3 Å². The van der Waals surface area contributed by atoms with E-state index in [9.17, 15) is 5.11 Å². The molecule has 9 rings (SSSR count). The van der Waals surface area contributed by atoms with Gasteiger partial charge in [0.15, 0.2) is 9.30 Å². The van der Waals surface area contributed by atoms with Crippen LogP contribution in [0.3, 0.4) is 0 Å². The Morgan fingerprint density at radius 3 is 2.76 bits per heavy atom. The highest BCUT2D eigenvalue weighted by Crippen LogP contribution is 2.61. The lowest BCUT2D eigenvalue weighted by Gasteiger charge is -2.51. The fraction of sp³-hybridized carbons (Fsp3) is 0.567. The van der Waals surface area contributed by atoms with E-state index in [1.165, 1.54) is 51.8 Å². The molecule has 1 aromatic carbocycles. The number of hydrogen-bond acceptors (Lipinski definition) is 3. The molecule has 1 saturated heterocycles. The molecular weight excluding hydrogens is 551 g/mol. The maximum absolute atomic E-state index is 15.9. The quantitative estimate of drug-likeness (QED) is 0.226. The fourth-order valence-electron chi connectivity index (χ4n) is 8.23. The molecule has 2 aromatic rings. The minimum Gasteiger partial charge on any atom is -0.399 e. The molecule has 6 heterocycles. The van der Waals surface area contributed by atoms with Crippen LogP contribution >= 0.6 is 29.6 Å². The lowest BCUT2D eigenvalue weighted by atomic mass is 9.66. The molecule has 8 heteroatoms. The number of allylic oxidation sites excluding steroid dienone is 1. The van der Waals surface area contributed by atoms with E-state index in [2.05, 4.69) is 60.4 Å². The van der Waals surface area contributed by atoms with Crippen molar-refractivity contribution >= 4 is 55.5 Å². The first-order valence-corrected chi connectivity index (χ1v) is 18.9. The summed E-state index contributed by atoms with van der Waals surface area (Å²) < 4.78 is 18.2. The Kier molecular flexibility index (Phi) is 5.24. The van der Waals surface area contributed by atoms with Gasteiger partial charge in [0.05, 0.1) is 39.6 Å². The van der Waals surface area contributed by atoms with Crippen LogP contribution in [-0.2, 0) is 15.9 Å². The van der Waals surface area contributed by atoms with Crippen molar-refractivity contribution in [3.8, 4) is 0 Å². The maximum atomic E-state index is 15.9. The van der Waals surface area contributed by atoms with E-state index in [1.807, 2.05) is 0 Å². The minimum absolute atomic E-state index is 0.0179. The van der Waals surface area contributed by atoms with Gasteiger partial charge in [0.2, 0.25) is 0 Å². The molecule has 38 heavy (non-hydrogen) atoms. The number of aliphatic hydroxyl groups excluding tert-OH is 1. The fourth-order valence-corrected chi connectivity index (χ4v) is 19.2. The molecule has 0 amide bonds. The van der Waals surface area contributed by atoms with Crippen molar-refractivity contribution in [2.24, 2.45) is 5.92 Å². The number of anilines is 1. The molecule has 5 aliphatic heterocycles. The Labute approximate surface area is 236 Å². The molecule has 1 N–H and O–H groups in total. The Morgan fingerprint density at radius 2 is 2.11 bits per heavy atom. The molecule has 1 aromatic heterocycles. The van der Waals surface area contributed by atoms with Gasteiger partial charge < -0.3 is 10.0 Å². The van der Waals surface area contributed by atoms with Gasteiger partial charge in [0, 0.05) is 35.4 Å². The van der Waals surface area contributed by atoms with Crippen LogP contribution in [0.2, 0.25) is 5.02 Å². The average Bonchev–Trinajstić information content (AvgIpc) is 3.44. The van der Waals surface area contributed by atoms with E-state index in [4.69, 9.17) is 11.6 Å². The van der Waals surface area contributed by atoms with E-state index in [0.29, 0.717) is 17.9 Å². The highest BCUT2D eigenvalue weighted by Gasteiger charge is 2.60. The van der Waals surface area contributed by atoms with E-state index >= 15 is 4.21 Å². The normalized spacial score (nSPS) is 34.8. The number of benzene rings is 1. The van der Waals surface area contributed by atoms with Gasteiger partial charge in [-0.3, -0.25) is 0 Å². The van der Waals surface area contributed by atoms with Crippen LogP contribution in [0.5, 0.6) is 0 Å². The third-order valence-corrected chi connectivity index (χ3v) is 21.1. The van der Waals surface area contributed by atoms with Gasteiger partial charge in [-0.15, -0.1) is 0 Å². The Hall–Kier alpha value is -1.01. The van der Waals surface area contributed by atoms with Gasteiger partial charge in [-0.25, -0.2) is 4.21 Å². The van der Waals surface area contributed by atoms with Crippen molar-refractivity contribution in [3.63, 3.8) is 0 Å². The van der Waals surface area contributed by atoms with Crippen molar-refractivity contribution in [1.82, 2.24) is 4.31 Å². The molecule has 1 spiro atoms. The molecule has 7 aliphatic rings. The predicted octanol–water partition coefficient (Wildman–Crippen LogP) is 6.85. The molecule has 202 valence electrons. The Morgan fingerprint density at radius 1 is 1.29 bits per heavy atom. The highest BCUT2D eigenvalue weighted by atomic mass is 35.5. The zero-order chi connectivity index (χ0) is 26.2. The van der Waals surface area contributed by atoms with Crippen molar-refractivity contribution < 1.29 is 9.32 Å². The van der Waals surface area contributed by atoms with Crippen LogP contribution in [0.15, 0.2) is 24.3 Å². The third kappa shape index (κ3) is 3.06. The van der Waals surface area contributed by atoms with Crippen LogP contribution in [0.25, 0.3) is 5.57 Å². The van der Waals surface area contributed by atoms with Crippen LogP contribution in [-0.4, -0.2) is 43.0 Å². The van der Waals surface area contributed by atoms with Crippen LogP contribution < -0.4 is 10.2 Å². The summed E-state index contributed by atoms with van der Waals surface area (Å²) in [6, 6.07) is 6.99. The molecule has 3 unspecified atom stereocenters. The number of halogens is 1. The zero-order valence-corrected chi connectivity index (χ0v) is 25.7. The lowest BCUT2D eigenvalue weighted by Crippen LogP contribution is -2.56. The monoisotopic (exact) mass is 586 g/mol. The van der Waals surface area contributed by atoms with E-state index in [-0.39, 0.29) is 16.9 Å². The second kappa shape index (κ2) is 8.05. The van der Waals surface area contributed by atoms with Gasteiger partial charge in [0.1, 0.15) is 4.88 Å². The summed E-state index contributed by atoms with van der Waals surface area (Å²) in [6.07, 6.45) is 11.8. The molecule has 0 radical (unpaired) electrons. The zero-order valence-electron chi connectivity index (χ0n) is 22.4. The standard InChI is InChI=1S/C30H36ClN2O2PS2/c1-29(2,3)38(35)33-16-20(14-30(33)8-4-9-30)32-15-18-5-6-22(18)24-11-19(31)12-25(27(24)32)23-7-10-36(38)26-13-21(17-34)37-28(23)26/h7,10-13,18,20,22,34H,4-6,8-9,14-17H2,1-3H3/t18-,20+,22-,38?/m0/s1. The van der Waals surface area contributed by atoms with Gasteiger partial charge in [0.25, 0.3) is 0 Å². The smallest absolute Gasteiger partial charge is 0.159 e. The predicted molar refractivity (Wildman–Crippen MR) is 162 cm³/mol. The molecule has 4 bridgehead atoms. The summed E-state index contributed by atoms with van der Waals surface area (Å²) in [4.78, 5) is 4.90. The van der Waals surface area contributed by atoms with Gasteiger partial charge >= 0.3 is 0 Å². The first-order valence-electron chi connectivity index (χ1n) is 14.2. The van der Waals surface area contributed by atoms with Crippen LogP contribution in [0.4, 0.5) is 5.69 Å². The van der Waals surface area contributed by atoms with Crippen molar-refractivity contribution in [3.05, 3.63) is 56.3 Å². The first-order chi connectivity index (χ1) is 18.1.